The highest BCUT2D eigenvalue weighted by atomic mass is 16.5. The molecule has 1 atom stereocenters. The fourth-order valence-electron chi connectivity index (χ4n) is 2.82. The quantitative estimate of drug-likeness (QED) is 0.860. The SMILES string of the molecule is CN(C)C(=O)N1Cc2c(cnn2C)[C@@H](COc2cccnc2)C1. The molecule has 0 unspecified atom stereocenters. The molecule has 7 heteroatoms. The molecule has 0 spiro atoms. The number of nitrogens with zero attached hydrogens (tertiary/aromatic N) is 5. The Hall–Kier alpha value is -2.57. The van der Waals surface area contributed by atoms with Gasteiger partial charge in [-0.05, 0) is 12.1 Å². The molecular formula is C16H21N5O2. The number of carbonyl (C=O) groups excluding carboxylic acids is 1. The molecule has 1 aliphatic heterocycles. The number of aryl methyl sites for hydroxylation is 1. The number of carbonyl (C=O) groups is 1. The summed E-state index contributed by atoms with van der Waals surface area (Å²) < 4.78 is 7.68. The van der Waals surface area contributed by atoms with Gasteiger partial charge in [0.15, 0.2) is 0 Å². The Morgan fingerprint density at radius 3 is 2.96 bits per heavy atom. The molecule has 3 heterocycles. The smallest absolute Gasteiger partial charge is 0.319 e. The molecule has 3 rings (SSSR count). The van der Waals surface area contributed by atoms with E-state index in [-0.39, 0.29) is 11.9 Å². The number of fused-ring (bicyclic) bond motifs is 1. The van der Waals surface area contributed by atoms with Crippen LogP contribution < -0.4 is 4.74 Å². The summed E-state index contributed by atoms with van der Waals surface area (Å²) in [6.07, 6.45) is 5.28. The molecule has 122 valence electrons. The van der Waals surface area contributed by atoms with Crippen LogP contribution in [-0.4, -0.2) is 57.8 Å². The second-order valence-electron chi connectivity index (χ2n) is 5.92. The second-order valence-corrected chi connectivity index (χ2v) is 5.92. The molecule has 0 saturated heterocycles. The predicted octanol–water partition coefficient (Wildman–Crippen LogP) is 1.47. The molecule has 2 amide bonds. The maximum absolute atomic E-state index is 12.3. The zero-order valence-corrected chi connectivity index (χ0v) is 13.6. The fraction of sp³-hybridized carbons (Fsp3) is 0.438. The summed E-state index contributed by atoms with van der Waals surface area (Å²) in [7, 11) is 5.44. The first kappa shape index (κ1) is 15.3. The van der Waals surface area contributed by atoms with Crippen molar-refractivity contribution in [3.05, 3.63) is 42.0 Å². The van der Waals surface area contributed by atoms with E-state index in [1.165, 1.54) is 0 Å². The van der Waals surface area contributed by atoms with Gasteiger partial charge in [-0.1, -0.05) is 0 Å². The van der Waals surface area contributed by atoms with E-state index in [0.717, 1.165) is 17.0 Å². The lowest BCUT2D eigenvalue weighted by atomic mass is 9.96. The largest absolute Gasteiger partial charge is 0.491 e. The van der Waals surface area contributed by atoms with Crippen molar-refractivity contribution in [1.82, 2.24) is 24.6 Å². The third-order valence-corrected chi connectivity index (χ3v) is 4.05. The number of rotatable bonds is 3. The van der Waals surface area contributed by atoms with Crippen molar-refractivity contribution in [2.24, 2.45) is 7.05 Å². The third kappa shape index (κ3) is 3.13. The molecule has 0 aromatic carbocycles. The van der Waals surface area contributed by atoms with Gasteiger partial charge in [-0.25, -0.2) is 4.79 Å². The lowest BCUT2D eigenvalue weighted by Crippen LogP contribution is -2.44. The van der Waals surface area contributed by atoms with Crippen LogP contribution in [0.25, 0.3) is 0 Å². The Labute approximate surface area is 135 Å². The monoisotopic (exact) mass is 315 g/mol. The summed E-state index contributed by atoms with van der Waals surface area (Å²) in [5.74, 6) is 0.825. The number of pyridine rings is 1. The van der Waals surface area contributed by atoms with Crippen molar-refractivity contribution in [1.29, 1.82) is 0 Å². The Morgan fingerprint density at radius 1 is 1.43 bits per heavy atom. The summed E-state index contributed by atoms with van der Waals surface area (Å²) >= 11 is 0. The van der Waals surface area contributed by atoms with Crippen LogP contribution in [0.5, 0.6) is 5.75 Å². The van der Waals surface area contributed by atoms with Crippen LogP contribution in [-0.2, 0) is 13.6 Å². The first-order valence-electron chi connectivity index (χ1n) is 7.56. The Kier molecular flexibility index (Phi) is 4.18. The van der Waals surface area contributed by atoms with E-state index in [9.17, 15) is 4.79 Å². The number of ether oxygens (including phenoxy) is 1. The van der Waals surface area contributed by atoms with Gasteiger partial charge in [0.2, 0.25) is 0 Å². The van der Waals surface area contributed by atoms with Crippen molar-refractivity contribution in [3.8, 4) is 5.75 Å². The van der Waals surface area contributed by atoms with Crippen LogP contribution in [0.15, 0.2) is 30.7 Å². The molecular weight excluding hydrogens is 294 g/mol. The van der Waals surface area contributed by atoms with E-state index in [0.29, 0.717) is 19.7 Å². The molecule has 2 aromatic rings. The molecule has 0 aliphatic carbocycles. The molecule has 0 saturated carbocycles. The van der Waals surface area contributed by atoms with E-state index >= 15 is 0 Å². The van der Waals surface area contributed by atoms with Gasteiger partial charge in [0.25, 0.3) is 0 Å². The van der Waals surface area contributed by atoms with E-state index in [1.54, 1.807) is 31.4 Å². The summed E-state index contributed by atoms with van der Waals surface area (Å²) in [4.78, 5) is 19.8. The van der Waals surface area contributed by atoms with Gasteiger partial charge in [0.1, 0.15) is 5.75 Å². The van der Waals surface area contributed by atoms with E-state index in [2.05, 4.69) is 10.1 Å². The molecule has 0 bridgehead atoms. The lowest BCUT2D eigenvalue weighted by molar-refractivity contribution is 0.149. The van der Waals surface area contributed by atoms with Gasteiger partial charge in [-0.15, -0.1) is 0 Å². The zero-order valence-electron chi connectivity index (χ0n) is 13.6. The number of urea groups is 1. The number of amides is 2. The van der Waals surface area contributed by atoms with E-state index < -0.39 is 0 Å². The van der Waals surface area contributed by atoms with Crippen LogP contribution in [0.2, 0.25) is 0 Å². The maximum Gasteiger partial charge on any atom is 0.319 e. The van der Waals surface area contributed by atoms with Crippen molar-refractivity contribution in [2.75, 3.05) is 27.2 Å². The summed E-state index contributed by atoms with van der Waals surface area (Å²) in [5, 5.41) is 4.34. The predicted molar refractivity (Wildman–Crippen MR) is 85.2 cm³/mol. The van der Waals surface area contributed by atoms with Gasteiger partial charge < -0.3 is 14.5 Å². The lowest BCUT2D eigenvalue weighted by Gasteiger charge is -2.34. The molecule has 0 N–H and O–H groups in total. The minimum atomic E-state index is 0.00299. The van der Waals surface area contributed by atoms with Crippen molar-refractivity contribution >= 4 is 6.03 Å². The van der Waals surface area contributed by atoms with E-state index in [4.69, 9.17) is 4.74 Å². The molecule has 23 heavy (non-hydrogen) atoms. The second kappa shape index (κ2) is 6.28. The first-order chi connectivity index (χ1) is 11.1. The zero-order chi connectivity index (χ0) is 16.4. The molecule has 1 aliphatic rings. The molecule has 2 aromatic heterocycles. The van der Waals surface area contributed by atoms with Crippen LogP contribution in [0.3, 0.4) is 0 Å². The van der Waals surface area contributed by atoms with Crippen LogP contribution in [0, 0.1) is 0 Å². The van der Waals surface area contributed by atoms with Gasteiger partial charge in [-0.3, -0.25) is 9.67 Å². The van der Waals surface area contributed by atoms with Gasteiger partial charge in [0.05, 0.1) is 31.2 Å². The average molecular weight is 315 g/mol. The maximum atomic E-state index is 12.3. The van der Waals surface area contributed by atoms with Gasteiger partial charge in [0, 0.05) is 45.4 Å². The van der Waals surface area contributed by atoms with Crippen LogP contribution in [0.1, 0.15) is 17.2 Å². The third-order valence-electron chi connectivity index (χ3n) is 4.05. The van der Waals surface area contributed by atoms with Crippen LogP contribution in [0.4, 0.5) is 4.79 Å². The Morgan fingerprint density at radius 2 is 2.26 bits per heavy atom. The summed E-state index contributed by atoms with van der Waals surface area (Å²) in [6.45, 7) is 1.68. The fourth-order valence-corrected chi connectivity index (χ4v) is 2.82. The van der Waals surface area contributed by atoms with Crippen molar-refractivity contribution < 1.29 is 9.53 Å². The van der Waals surface area contributed by atoms with Crippen molar-refractivity contribution in [2.45, 2.75) is 12.5 Å². The van der Waals surface area contributed by atoms with Crippen molar-refractivity contribution in [3.63, 3.8) is 0 Å². The summed E-state index contributed by atoms with van der Waals surface area (Å²) in [6, 6.07) is 3.72. The highest BCUT2D eigenvalue weighted by molar-refractivity contribution is 5.74. The minimum absolute atomic E-state index is 0.00299. The topological polar surface area (TPSA) is 63.5 Å². The number of hydrogen-bond donors (Lipinski definition) is 0. The normalized spacial score (nSPS) is 16.8. The Bertz CT molecular complexity index is 683. The standard InChI is InChI=1S/C16H21N5O2/c1-19(2)16(22)21-9-12(11-23-13-5-4-6-17-7-13)14-8-18-20(3)15(14)10-21/h4-8,12H,9-11H2,1-3H3/t12-/m1/s1. The first-order valence-corrected chi connectivity index (χ1v) is 7.56. The summed E-state index contributed by atoms with van der Waals surface area (Å²) in [5.41, 5.74) is 2.21. The molecule has 0 radical (unpaired) electrons. The van der Waals surface area contributed by atoms with Gasteiger partial charge in [-0.2, -0.15) is 5.10 Å². The number of aromatic nitrogens is 3. The molecule has 0 fully saturated rings. The van der Waals surface area contributed by atoms with E-state index in [1.807, 2.05) is 35.0 Å². The van der Waals surface area contributed by atoms with Gasteiger partial charge >= 0.3 is 6.03 Å². The average Bonchev–Trinajstić information content (AvgIpc) is 2.94. The Balaban J connectivity index is 1.79. The highest BCUT2D eigenvalue weighted by Crippen LogP contribution is 2.29. The number of hydrogen-bond acceptors (Lipinski definition) is 4. The highest BCUT2D eigenvalue weighted by Gasteiger charge is 2.31. The minimum Gasteiger partial charge on any atom is -0.491 e. The van der Waals surface area contributed by atoms with Crippen LogP contribution >= 0.6 is 0 Å². The molecule has 7 nitrogen and oxygen atoms in total.